The number of aromatic amines is 1. The van der Waals surface area contributed by atoms with Crippen LogP contribution in [0.1, 0.15) is 59.2 Å². The zero-order valence-electron chi connectivity index (χ0n) is 21.8. The van der Waals surface area contributed by atoms with Gasteiger partial charge in [0, 0.05) is 24.2 Å². The minimum absolute atomic E-state index is 0.109. The zero-order valence-corrected chi connectivity index (χ0v) is 21.8. The molecule has 1 aliphatic heterocycles. The summed E-state index contributed by atoms with van der Waals surface area (Å²) in [4.78, 5) is 44.4. The summed E-state index contributed by atoms with van der Waals surface area (Å²) in [6.07, 6.45) is 0.693. The first-order valence-corrected chi connectivity index (χ1v) is 12.2. The van der Waals surface area contributed by atoms with E-state index in [4.69, 9.17) is 9.47 Å². The summed E-state index contributed by atoms with van der Waals surface area (Å²) >= 11 is 0. The van der Waals surface area contributed by atoms with Crippen molar-refractivity contribution >= 4 is 23.4 Å². The molecule has 1 atom stereocenters. The predicted molar refractivity (Wildman–Crippen MR) is 133 cm³/mol. The molecule has 2 heterocycles. The molecule has 1 saturated heterocycles. The highest BCUT2D eigenvalue weighted by atomic mass is 16.5. The molecular formula is C27H35N3O6. The Hall–Kier alpha value is -3.59. The Morgan fingerprint density at radius 1 is 1.11 bits per heavy atom. The van der Waals surface area contributed by atoms with E-state index >= 15 is 0 Å². The van der Waals surface area contributed by atoms with Crippen LogP contribution in [0.4, 0.5) is 0 Å². The number of ketones is 1. The van der Waals surface area contributed by atoms with E-state index in [9.17, 15) is 19.5 Å². The second kappa shape index (κ2) is 11.4. The Balaban J connectivity index is 2.12. The van der Waals surface area contributed by atoms with Gasteiger partial charge < -0.3 is 29.4 Å². The lowest BCUT2D eigenvalue weighted by molar-refractivity contribution is -0.896. The summed E-state index contributed by atoms with van der Waals surface area (Å²) < 4.78 is 10.1. The van der Waals surface area contributed by atoms with Crippen molar-refractivity contribution in [3.8, 4) is 5.75 Å². The van der Waals surface area contributed by atoms with Crippen LogP contribution >= 0.6 is 0 Å². The monoisotopic (exact) mass is 497 g/mol. The number of quaternary nitrogens is 1. The Kier molecular flexibility index (Phi) is 8.57. The van der Waals surface area contributed by atoms with E-state index in [1.165, 1.54) is 16.9 Å². The Bertz CT molecular complexity index is 1160. The second-order valence-corrected chi connectivity index (χ2v) is 8.92. The van der Waals surface area contributed by atoms with E-state index in [-0.39, 0.29) is 16.8 Å². The van der Waals surface area contributed by atoms with Crippen LogP contribution in [0.2, 0.25) is 0 Å². The molecule has 0 aliphatic carbocycles. The predicted octanol–water partition coefficient (Wildman–Crippen LogP) is 0.966. The Morgan fingerprint density at radius 2 is 1.75 bits per heavy atom. The fourth-order valence-corrected chi connectivity index (χ4v) is 4.87. The van der Waals surface area contributed by atoms with Crippen molar-refractivity contribution in [2.24, 2.45) is 0 Å². The van der Waals surface area contributed by atoms with E-state index in [2.05, 4.69) is 18.8 Å². The van der Waals surface area contributed by atoms with Gasteiger partial charge in [-0.3, -0.25) is 9.59 Å². The number of aromatic nitrogens is 1. The van der Waals surface area contributed by atoms with Crippen molar-refractivity contribution < 1.29 is 33.9 Å². The van der Waals surface area contributed by atoms with Crippen molar-refractivity contribution in [1.29, 1.82) is 0 Å². The van der Waals surface area contributed by atoms with Gasteiger partial charge in [0.15, 0.2) is 0 Å². The van der Waals surface area contributed by atoms with Crippen LogP contribution in [-0.4, -0.2) is 67.9 Å². The number of methoxy groups -OCH3 is 2. The van der Waals surface area contributed by atoms with Gasteiger partial charge >= 0.3 is 5.97 Å². The number of nitrogens with zero attached hydrogens (tertiary/aromatic N) is 1. The minimum Gasteiger partial charge on any atom is -0.872 e. The molecule has 1 fully saturated rings. The number of benzene rings is 1. The number of hydrogen-bond acceptors (Lipinski definition) is 6. The number of aryl methyl sites for hydroxylation is 1. The molecule has 9 heteroatoms. The zero-order chi connectivity index (χ0) is 26.6. The van der Waals surface area contributed by atoms with E-state index < -0.39 is 29.5 Å². The molecule has 2 N–H and O–H groups in total. The molecule has 3 rings (SSSR count). The van der Waals surface area contributed by atoms with Crippen LogP contribution in [-0.2, 0) is 14.3 Å². The minimum atomic E-state index is -0.828. The number of Topliss-reactive ketones (excluding diaryl/α,β-unsaturated/α-hetero) is 1. The molecule has 194 valence electrons. The highest BCUT2D eigenvalue weighted by molar-refractivity contribution is 6.46. The van der Waals surface area contributed by atoms with E-state index in [1.807, 2.05) is 0 Å². The van der Waals surface area contributed by atoms with Crippen molar-refractivity contribution in [1.82, 2.24) is 9.88 Å². The number of likely N-dealkylation sites (tertiary alicyclic amines) is 1. The topological polar surface area (TPSA) is 116 Å². The van der Waals surface area contributed by atoms with Gasteiger partial charge in [-0.25, -0.2) is 4.79 Å². The third-order valence-electron chi connectivity index (χ3n) is 6.94. The number of rotatable bonds is 10. The van der Waals surface area contributed by atoms with E-state index in [1.54, 1.807) is 45.2 Å². The third-order valence-corrected chi connectivity index (χ3v) is 6.94. The molecule has 36 heavy (non-hydrogen) atoms. The first-order chi connectivity index (χ1) is 17.2. The molecule has 9 nitrogen and oxygen atoms in total. The number of hydrogen-bond donors (Lipinski definition) is 2. The largest absolute Gasteiger partial charge is 0.872 e. The van der Waals surface area contributed by atoms with Crippen LogP contribution in [0.3, 0.4) is 0 Å². The standard InChI is InChI=1S/C27H35N3O6/c1-7-29(8-2)14-9-15-30-23(18-10-12-19(35-5)13-11-18)21(25(32)26(30)33)24(31)20-16(3)22(27(34)36-6)28-17(20)4/h10-13,23,28,31H,7-9,14-15H2,1-6H3. The maximum Gasteiger partial charge on any atom is 0.354 e. The van der Waals surface area contributed by atoms with E-state index in [0.717, 1.165) is 19.6 Å². The summed E-state index contributed by atoms with van der Waals surface area (Å²) in [7, 11) is 2.81. The van der Waals surface area contributed by atoms with Gasteiger partial charge in [-0.05, 0) is 56.5 Å². The molecule has 0 radical (unpaired) electrons. The van der Waals surface area contributed by atoms with Crippen LogP contribution in [0, 0.1) is 13.8 Å². The fourth-order valence-electron chi connectivity index (χ4n) is 4.87. The fraction of sp³-hybridized carbons (Fsp3) is 0.444. The van der Waals surface area contributed by atoms with Gasteiger partial charge in [0.2, 0.25) is 5.78 Å². The molecule has 1 aliphatic rings. The Morgan fingerprint density at radius 3 is 2.31 bits per heavy atom. The van der Waals surface area contributed by atoms with Crippen molar-refractivity contribution in [2.75, 3.05) is 40.4 Å². The maximum atomic E-state index is 13.9. The number of nitrogens with one attached hydrogen (secondary N) is 2. The lowest BCUT2D eigenvalue weighted by Gasteiger charge is -2.28. The number of H-pyrrole nitrogens is 1. The number of ether oxygens (including phenoxy) is 2. The molecule has 0 bridgehead atoms. The molecule has 0 saturated carbocycles. The number of esters is 1. The third kappa shape index (κ3) is 5.02. The van der Waals surface area contributed by atoms with Crippen molar-refractivity contribution in [2.45, 2.75) is 40.2 Å². The average Bonchev–Trinajstić information content (AvgIpc) is 3.32. The van der Waals surface area contributed by atoms with Crippen molar-refractivity contribution in [3.05, 3.63) is 57.9 Å². The van der Waals surface area contributed by atoms with Gasteiger partial charge in [0.05, 0.1) is 39.9 Å². The van der Waals surface area contributed by atoms with Gasteiger partial charge in [-0.1, -0.05) is 17.9 Å². The van der Waals surface area contributed by atoms with Crippen LogP contribution in [0.15, 0.2) is 29.8 Å². The number of amides is 1. The van der Waals surface area contributed by atoms with Crippen LogP contribution in [0.5, 0.6) is 5.75 Å². The van der Waals surface area contributed by atoms with E-state index in [0.29, 0.717) is 35.5 Å². The van der Waals surface area contributed by atoms with Crippen LogP contribution in [0.25, 0.3) is 5.76 Å². The van der Waals surface area contributed by atoms with Crippen LogP contribution < -0.4 is 14.7 Å². The Labute approximate surface area is 211 Å². The van der Waals surface area contributed by atoms with Crippen molar-refractivity contribution in [3.63, 3.8) is 0 Å². The number of carbonyl (C=O) groups excluding carboxylic acids is 3. The first-order valence-electron chi connectivity index (χ1n) is 12.2. The summed E-state index contributed by atoms with van der Waals surface area (Å²) in [5, 5.41) is 13.9. The summed E-state index contributed by atoms with van der Waals surface area (Å²) in [5.41, 5.74) is 1.71. The summed E-state index contributed by atoms with van der Waals surface area (Å²) in [6, 6.07) is 6.19. The molecule has 1 amide bonds. The normalized spacial score (nSPS) is 17.2. The lowest BCUT2D eigenvalue weighted by Crippen LogP contribution is -3.11. The highest BCUT2D eigenvalue weighted by Gasteiger charge is 2.44. The van der Waals surface area contributed by atoms with Gasteiger partial charge in [0.1, 0.15) is 11.4 Å². The molecule has 1 unspecified atom stereocenters. The van der Waals surface area contributed by atoms with Gasteiger partial charge in [-0.2, -0.15) is 0 Å². The summed E-state index contributed by atoms with van der Waals surface area (Å²) in [5.74, 6) is -2.05. The molecule has 2 aromatic rings. The molecule has 0 spiro atoms. The number of carbonyl (C=O) groups is 3. The second-order valence-electron chi connectivity index (χ2n) is 8.92. The van der Waals surface area contributed by atoms with Gasteiger partial charge in [0.25, 0.3) is 5.91 Å². The smallest absolute Gasteiger partial charge is 0.354 e. The molecular weight excluding hydrogens is 462 g/mol. The maximum absolute atomic E-state index is 13.9. The highest BCUT2D eigenvalue weighted by Crippen LogP contribution is 2.40. The first kappa shape index (κ1) is 27.0. The summed E-state index contributed by atoms with van der Waals surface area (Å²) in [6.45, 7) is 10.6. The SMILES string of the molecule is CC[NH+](CC)CCCN1C(=O)C(=O)C(=C([O-])c2c(C)[nH]c(C(=O)OC)c2C)C1c1ccc(OC)cc1. The molecule has 1 aromatic heterocycles. The molecule has 1 aromatic carbocycles. The quantitative estimate of drug-likeness (QED) is 0.219. The van der Waals surface area contributed by atoms with Gasteiger partial charge in [-0.15, -0.1) is 0 Å². The lowest BCUT2D eigenvalue weighted by atomic mass is 9.94. The average molecular weight is 498 g/mol.